The van der Waals surface area contributed by atoms with E-state index in [1.165, 1.54) is 10.6 Å². The van der Waals surface area contributed by atoms with Crippen molar-refractivity contribution >= 4 is 34.7 Å². The van der Waals surface area contributed by atoms with Crippen LogP contribution in [0, 0.1) is 0 Å². The van der Waals surface area contributed by atoms with Crippen molar-refractivity contribution in [3.05, 3.63) is 48.5 Å². The fraction of sp³-hybridized carbons (Fsp3) is 0.350. The predicted molar refractivity (Wildman–Crippen MR) is 107 cm³/mol. The van der Waals surface area contributed by atoms with Crippen LogP contribution in [0.15, 0.2) is 53.4 Å². The maximum absolute atomic E-state index is 12.5. The number of hydrogen-bond acceptors (Lipinski definition) is 5. The largest absolute Gasteiger partial charge is 0.378 e. The number of thioether (sulfide) groups is 1. The van der Waals surface area contributed by atoms with Gasteiger partial charge in [0.1, 0.15) is 0 Å². The van der Waals surface area contributed by atoms with E-state index in [2.05, 4.69) is 39.4 Å². The molecular weight excluding hydrogens is 346 g/mol. The number of nitrogens with one attached hydrogen (secondary N) is 1. The highest BCUT2D eigenvalue weighted by Crippen LogP contribution is 2.34. The van der Waals surface area contributed by atoms with E-state index in [9.17, 15) is 4.79 Å². The zero-order chi connectivity index (χ0) is 17.8. The van der Waals surface area contributed by atoms with E-state index in [0.717, 1.165) is 50.0 Å². The van der Waals surface area contributed by atoms with Crippen LogP contribution in [0.25, 0.3) is 0 Å². The van der Waals surface area contributed by atoms with Crippen molar-refractivity contribution in [3.63, 3.8) is 0 Å². The molecule has 0 aromatic heterocycles. The smallest absolute Gasteiger partial charge is 0.243 e. The third kappa shape index (κ3) is 3.97. The molecule has 0 spiro atoms. The van der Waals surface area contributed by atoms with Crippen LogP contribution in [0.3, 0.4) is 0 Å². The molecule has 1 amide bonds. The zero-order valence-corrected chi connectivity index (χ0v) is 15.5. The lowest BCUT2D eigenvalue weighted by Crippen LogP contribution is -2.37. The number of morpholine rings is 1. The molecule has 2 aliphatic heterocycles. The van der Waals surface area contributed by atoms with Gasteiger partial charge in [-0.05, 0) is 36.4 Å². The van der Waals surface area contributed by atoms with Gasteiger partial charge in [0.05, 0.1) is 25.4 Å². The summed E-state index contributed by atoms with van der Waals surface area (Å²) >= 11 is 1.85. The third-order valence-corrected chi connectivity index (χ3v) is 5.73. The second-order valence-electron chi connectivity index (χ2n) is 6.43. The molecule has 0 atom stereocenters. The van der Waals surface area contributed by atoms with Crippen LogP contribution >= 0.6 is 11.8 Å². The third-order valence-electron chi connectivity index (χ3n) is 4.69. The number of ether oxygens (including phenoxy) is 1. The molecule has 1 fully saturated rings. The van der Waals surface area contributed by atoms with Crippen LogP contribution in [0.4, 0.5) is 17.1 Å². The molecule has 5 nitrogen and oxygen atoms in total. The summed E-state index contributed by atoms with van der Waals surface area (Å²) in [6.45, 7) is 4.65. The van der Waals surface area contributed by atoms with Crippen molar-refractivity contribution in [2.24, 2.45) is 0 Å². The van der Waals surface area contributed by atoms with Gasteiger partial charge in [-0.3, -0.25) is 4.79 Å². The first kappa shape index (κ1) is 17.2. The number of para-hydroxylation sites is 1. The highest BCUT2D eigenvalue weighted by atomic mass is 32.2. The first-order valence-electron chi connectivity index (χ1n) is 8.99. The average molecular weight is 369 g/mol. The number of rotatable bonds is 4. The average Bonchev–Trinajstić information content (AvgIpc) is 2.69. The molecule has 0 bridgehead atoms. The minimum absolute atomic E-state index is 0.0193. The minimum Gasteiger partial charge on any atom is -0.378 e. The Balaban J connectivity index is 1.36. The van der Waals surface area contributed by atoms with Gasteiger partial charge in [-0.2, -0.15) is 0 Å². The van der Waals surface area contributed by atoms with Crippen LogP contribution in [-0.2, 0) is 9.53 Å². The monoisotopic (exact) mass is 369 g/mol. The molecule has 0 aliphatic carbocycles. The summed E-state index contributed by atoms with van der Waals surface area (Å²) in [5.41, 5.74) is 3.17. The SMILES string of the molecule is O=C(CN1CCSc2ccccc21)Nc1ccc(N2CCOCC2)cc1. The Morgan fingerprint density at radius 1 is 1.04 bits per heavy atom. The van der Waals surface area contributed by atoms with E-state index in [4.69, 9.17) is 4.74 Å². The standard InChI is InChI=1S/C20H23N3O2S/c24-20(15-23-11-14-26-19-4-2-1-3-18(19)23)21-16-5-7-17(8-6-16)22-9-12-25-13-10-22/h1-8H,9-15H2,(H,21,24). The van der Waals surface area contributed by atoms with Crippen LogP contribution in [0.1, 0.15) is 0 Å². The highest BCUT2D eigenvalue weighted by molar-refractivity contribution is 7.99. The first-order chi connectivity index (χ1) is 12.8. The quantitative estimate of drug-likeness (QED) is 0.897. The number of anilines is 3. The summed E-state index contributed by atoms with van der Waals surface area (Å²) < 4.78 is 5.39. The van der Waals surface area contributed by atoms with Gasteiger partial charge >= 0.3 is 0 Å². The Labute approximate surface area is 158 Å². The lowest BCUT2D eigenvalue weighted by atomic mass is 10.2. The number of amides is 1. The van der Waals surface area contributed by atoms with Crippen molar-refractivity contribution in [3.8, 4) is 0 Å². The lowest BCUT2D eigenvalue weighted by Gasteiger charge is -2.30. The topological polar surface area (TPSA) is 44.8 Å². The van der Waals surface area contributed by atoms with Crippen LogP contribution in [-0.4, -0.2) is 51.1 Å². The zero-order valence-electron chi connectivity index (χ0n) is 14.7. The number of hydrogen-bond donors (Lipinski definition) is 1. The van der Waals surface area contributed by atoms with Crippen molar-refractivity contribution in [2.75, 3.05) is 60.3 Å². The van der Waals surface area contributed by atoms with Gasteiger partial charge in [0.2, 0.25) is 5.91 Å². The van der Waals surface area contributed by atoms with Crippen LogP contribution in [0.2, 0.25) is 0 Å². The molecule has 136 valence electrons. The van der Waals surface area contributed by atoms with Crippen molar-refractivity contribution in [1.82, 2.24) is 0 Å². The molecule has 4 rings (SSSR count). The molecular formula is C20H23N3O2S. The Kier molecular flexibility index (Phi) is 5.32. The first-order valence-corrected chi connectivity index (χ1v) is 9.97. The Bertz CT molecular complexity index is 760. The predicted octanol–water partition coefficient (Wildman–Crippen LogP) is 3.07. The van der Waals surface area contributed by atoms with Crippen molar-refractivity contribution in [1.29, 1.82) is 0 Å². The maximum Gasteiger partial charge on any atom is 0.243 e. The second-order valence-corrected chi connectivity index (χ2v) is 7.57. The lowest BCUT2D eigenvalue weighted by molar-refractivity contribution is -0.115. The molecule has 2 aliphatic rings. The van der Waals surface area contributed by atoms with Gasteiger partial charge in [-0.1, -0.05) is 12.1 Å². The molecule has 2 aromatic carbocycles. The Hall–Kier alpha value is -2.18. The normalized spacial score (nSPS) is 16.9. The van der Waals surface area contributed by atoms with Gasteiger partial charge in [-0.15, -0.1) is 11.8 Å². The fourth-order valence-electron chi connectivity index (χ4n) is 3.34. The number of carbonyl (C=O) groups excluding carboxylic acids is 1. The van der Waals surface area contributed by atoms with Gasteiger partial charge in [0.25, 0.3) is 0 Å². The Morgan fingerprint density at radius 3 is 2.62 bits per heavy atom. The number of fused-ring (bicyclic) bond motifs is 1. The maximum atomic E-state index is 12.5. The summed E-state index contributed by atoms with van der Waals surface area (Å²) in [7, 11) is 0. The van der Waals surface area contributed by atoms with E-state index < -0.39 is 0 Å². The summed E-state index contributed by atoms with van der Waals surface area (Å²) in [5, 5.41) is 3.02. The number of carbonyl (C=O) groups is 1. The molecule has 2 aromatic rings. The van der Waals surface area contributed by atoms with Gasteiger partial charge in [-0.25, -0.2) is 0 Å². The minimum atomic E-state index is 0.0193. The molecule has 0 saturated carbocycles. The second kappa shape index (κ2) is 8.01. The number of benzene rings is 2. The summed E-state index contributed by atoms with van der Waals surface area (Å²) in [4.78, 5) is 18.2. The van der Waals surface area contributed by atoms with E-state index in [1.54, 1.807) is 0 Å². The van der Waals surface area contributed by atoms with E-state index >= 15 is 0 Å². The Morgan fingerprint density at radius 2 is 1.81 bits per heavy atom. The molecule has 0 unspecified atom stereocenters. The molecule has 0 radical (unpaired) electrons. The molecule has 26 heavy (non-hydrogen) atoms. The fourth-order valence-corrected chi connectivity index (χ4v) is 4.39. The molecule has 2 heterocycles. The van der Waals surface area contributed by atoms with E-state index in [0.29, 0.717) is 6.54 Å². The highest BCUT2D eigenvalue weighted by Gasteiger charge is 2.19. The van der Waals surface area contributed by atoms with E-state index in [1.807, 2.05) is 36.0 Å². The summed E-state index contributed by atoms with van der Waals surface area (Å²) in [6.07, 6.45) is 0. The number of nitrogens with zero attached hydrogens (tertiary/aromatic N) is 2. The van der Waals surface area contributed by atoms with Crippen molar-refractivity contribution in [2.45, 2.75) is 4.90 Å². The summed E-state index contributed by atoms with van der Waals surface area (Å²) in [5.74, 6) is 1.03. The van der Waals surface area contributed by atoms with Crippen molar-refractivity contribution < 1.29 is 9.53 Å². The van der Waals surface area contributed by atoms with Gasteiger partial charge in [0.15, 0.2) is 0 Å². The molecule has 6 heteroatoms. The van der Waals surface area contributed by atoms with Crippen LogP contribution in [0.5, 0.6) is 0 Å². The summed E-state index contributed by atoms with van der Waals surface area (Å²) in [6, 6.07) is 16.4. The van der Waals surface area contributed by atoms with Crippen LogP contribution < -0.4 is 15.1 Å². The van der Waals surface area contributed by atoms with Gasteiger partial charge in [0, 0.05) is 41.7 Å². The molecule has 1 N–H and O–H groups in total. The van der Waals surface area contributed by atoms with E-state index in [-0.39, 0.29) is 5.91 Å². The molecule has 1 saturated heterocycles. The van der Waals surface area contributed by atoms with Gasteiger partial charge < -0.3 is 19.9 Å².